The van der Waals surface area contributed by atoms with Gasteiger partial charge in [-0.2, -0.15) is 13.2 Å². The van der Waals surface area contributed by atoms with Crippen LogP contribution in [0.15, 0.2) is 12.3 Å². The van der Waals surface area contributed by atoms with E-state index in [1.54, 1.807) is 0 Å². The van der Waals surface area contributed by atoms with Gasteiger partial charge in [0.1, 0.15) is 18.1 Å². The number of anilines is 1. The third-order valence-electron chi connectivity index (χ3n) is 2.21. The lowest BCUT2D eigenvalue weighted by Gasteiger charge is -2.14. The van der Waals surface area contributed by atoms with E-state index in [0.29, 0.717) is 5.75 Å². The van der Waals surface area contributed by atoms with Crippen molar-refractivity contribution < 1.29 is 17.9 Å². The fraction of sp³-hybridized carbons (Fsp3) is 0.545. The number of halogens is 3. The van der Waals surface area contributed by atoms with Gasteiger partial charge in [0.2, 0.25) is 0 Å². The summed E-state index contributed by atoms with van der Waals surface area (Å²) in [5, 5.41) is 2.21. The van der Waals surface area contributed by atoms with Gasteiger partial charge in [-0.25, -0.2) is 4.98 Å². The van der Waals surface area contributed by atoms with Crippen molar-refractivity contribution in [1.29, 1.82) is 0 Å². The molecule has 1 rings (SSSR count). The smallest absolute Gasteiger partial charge is 0.405 e. The quantitative estimate of drug-likeness (QED) is 0.888. The number of methoxy groups -OCH3 is 1. The lowest BCUT2D eigenvalue weighted by molar-refractivity contribution is -0.115. The molecule has 0 bridgehead atoms. The van der Waals surface area contributed by atoms with Crippen LogP contribution in [0.2, 0.25) is 0 Å². The Labute approximate surface area is 98.0 Å². The molecule has 0 fully saturated rings. The highest BCUT2D eigenvalue weighted by Crippen LogP contribution is 2.27. The van der Waals surface area contributed by atoms with E-state index in [-0.39, 0.29) is 11.7 Å². The fourth-order valence-electron chi connectivity index (χ4n) is 1.35. The predicted molar refractivity (Wildman–Crippen MR) is 59.4 cm³/mol. The summed E-state index contributed by atoms with van der Waals surface area (Å²) in [5.74, 6) is 0.900. The molecule has 1 aromatic rings. The largest absolute Gasteiger partial charge is 0.496 e. The van der Waals surface area contributed by atoms with Crippen LogP contribution in [0.25, 0.3) is 0 Å². The van der Waals surface area contributed by atoms with Crippen LogP contribution in [0, 0.1) is 0 Å². The average molecular weight is 248 g/mol. The molecule has 1 heterocycles. The third-order valence-corrected chi connectivity index (χ3v) is 2.21. The van der Waals surface area contributed by atoms with Crippen molar-refractivity contribution >= 4 is 5.82 Å². The van der Waals surface area contributed by atoms with Gasteiger partial charge in [0.25, 0.3) is 0 Å². The molecule has 0 radical (unpaired) electrons. The summed E-state index contributed by atoms with van der Waals surface area (Å²) in [5.41, 5.74) is 0.866. The molecule has 0 saturated carbocycles. The SMILES string of the molecule is COc1cc(NCC(F)(F)F)ncc1C(C)C. The molecule has 96 valence electrons. The Balaban J connectivity index is 2.83. The van der Waals surface area contributed by atoms with E-state index in [2.05, 4.69) is 10.3 Å². The normalized spacial score (nSPS) is 11.7. The van der Waals surface area contributed by atoms with Crippen molar-refractivity contribution in [1.82, 2.24) is 4.98 Å². The summed E-state index contributed by atoms with van der Waals surface area (Å²) in [7, 11) is 1.48. The minimum Gasteiger partial charge on any atom is -0.496 e. The zero-order valence-electron chi connectivity index (χ0n) is 9.93. The maximum atomic E-state index is 12.0. The number of alkyl halides is 3. The van der Waals surface area contributed by atoms with Crippen LogP contribution in [-0.2, 0) is 0 Å². The van der Waals surface area contributed by atoms with Crippen molar-refractivity contribution in [3.05, 3.63) is 17.8 Å². The van der Waals surface area contributed by atoms with Crippen LogP contribution in [-0.4, -0.2) is 24.8 Å². The number of nitrogens with zero attached hydrogens (tertiary/aromatic N) is 1. The first kappa shape index (κ1) is 13.6. The molecule has 6 heteroatoms. The highest BCUT2D eigenvalue weighted by atomic mass is 19.4. The average Bonchev–Trinajstić information content (AvgIpc) is 2.24. The van der Waals surface area contributed by atoms with Gasteiger partial charge in [-0.1, -0.05) is 13.8 Å². The van der Waals surface area contributed by atoms with Gasteiger partial charge in [0.15, 0.2) is 0 Å². The van der Waals surface area contributed by atoms with Gasteiger partial charge in [-0.15, -0.1) is 0 Å². The number of ether oxygens (including phenoxy) is 1. The van der Waals surface area contributed by atoms with Crippen molar-refractivity contribution in [2.45, 2.75) is 25.9 Å². The van der Waals surface area contributed by atoms with Crippen LogP contribution in [0.3, 0.4) is 0 Å². The fourth-order valence-corrected chi connectivity index (χ4v) is 1.35. The first-order valence-electron chi connectivity index (χ1n) is 5.18. The van der Waals surface area contributed by atoms with Crippen LogP contribution >= 0.6 is 0 Å². The first-order chi connectivity index (χ1) is 7.83. The zero-order chi connectivity index (χ0) is 13.1. The Morgan fingerprint density at radius 1 is 1.41 bits per heavy atom. The van der Waals surface area contributed by atoms with Gasteiger partial charge in [0, 0.05) is 17.8 Å². The minimum absolute atomic E-state index is 0.156. The van der Waals surface area contributed by atoms with E-state index in [0.717, 1.165) is 5.56 Å². The minimum atomic E-state index is -4.26. The van der Waals surface area contributed by atoms with E-state index in [9.17, 15) is 13.2 Å². The highest BCUT2D eigenvalue weighted by Gasteiger charge is 2.26. The topological polar surface area (TPSA) is 34.1 Å². The maximum absolute atomic E-state index is 12.0. The van der Waals surface area contributed by atoms with Gasteiger partial charge in [0.05, 0.1) is 7.11 Å². The van der Waals surface area contributed by atoms with Gasteiger partial charge in [-0.3, -0.25) is 0 Å². The third kappa shape index (κ3) is 4.13. The molecule has 0 aliphatic rings. The second-order valence-corrected chi connectivity index (χ2v) is 3.93. The predicted octanol–water partition coefficient (Wildman–Crippen LogP) is 3.19. The van der Waals surface area contributed by atoms with Gasteiger partial charge < -0.3 is 10.1 Å². The van der Waals surface area contributed by atoms with Gasteiger partial charge in [-0.05, 0) is 5.92 Å². The van der Waals surface area contributed by atoms with E-state index < -0.39 is 12.7 Å². The molecule has 0 aliphatic heterocycles. The molecule has 0 aliphatic carbocycles. The van der Waals surface area contributed by atoms with Crippen molar-refractivity contribution in [3.8, 4) is 5.75 Å². The molecule has 0 unspecified atom stereocenters. The zero-order valence-corrected chi connectivity index (χ0v) is 9.93. The molecule has 17 heavy (non-hydrogen) atoms. The first-order valence-corrected chi connectivity index (χ1v) is 5.18. The van der Waals surface area contributed by atoms with Crippen LogP contribution < -0.4 is 10.1 Å². The van der Waals surface area contributed by atoms with E-state index in [1.165, 1.54) is 19.4 Å². The summed E-state index contributed by atoms with van der Waals surface area (Å²) in [6.07, 6.45) is -2.73. The number of hydrogen-bond acceptors (Lipinski definition) is 3. The van der Waals surface area contributed by atoms with Crippen LogP contribution in [0.5, 0.6) is 5.75 Å². The number of pyridine rings is 1. The van der Waals surface area contributed by atoms with Crippen molar-refractivity contribution in [2.24, 2.45) is 0 Å². The Bertz CT molecular complexity index is 377. The van der Waals surface area contributed by atoms with E-state index in [4.69, 9.17) is 4.74 Å². The standard InChI is InChI=1S/C11H15F3N2O/c1-7(2)8-5-15-10(4-9(8)17-3)16-6-11(12,13)14/h4-5,7H,6H2,1-3H3,(H,15,16). The number of nitrogens with one attached hydrogen (secondary N) is 1. The monoisotopic (exact) mass is 248 g/mol. The van der Waals surface area contributed by atoms with E-state index >= 15 is 0 Å². The molecular formula is C11H15F3N2O. The lowest BCUT2D eigenvalue weighted by atomic mass is 10.0. The van der Waals surface area contributed by atoms with Gasteiger partial charge >= 0.3 is 6.18 Å². The number of rotatable bonds is 4. The Hall–Kier alpha value is -1.46. The molecule has 1 N–H and O–H groups in total. The van der Waals surface area contributed by atoms with E-state index in [1.807, 2.05) is 13.8 Å². The number of aromatic nitrogens is 1. The molecule has 0 atom stereocenters. The summed E-state index contributed by atoms with van der Waals surface area (Å²) < 4.78 is 41.1. The second kappa shape index (κ2) is 5.25. The molecule has 0 saturated heterocycles. The van der Waals surface area contributed by atoms with Crippen LogP contribution in [0.1, 0.15) is 25.3 Å². The summed E-state index contributed by atoms with van der Waals surface area (Å²) in [6, 6.07) is 1.47. The molecule has 3 nitrogen and oxygen atoms in total. The molecular weight excluding hydrogens is 233 g/mol. The van der Waals surface area contributed by atoms with Crippen LogP contribution in [0.4, 0.5) is 19.0 Å². The molecule has 1 aromatic heterocycles. The highest BCUT2D eigenvalue weighted by molar-refractivity contribution is 5.46. The Morgan fingerprint density at radius 2 is 2.06 bits per heavy atom. The van der Waals surface area contributed by atoms with Crippen molar-refractivity contribution in [3.63, 3.8) is 0 Å². The second-order valence-electron chi connectivity index (χ2n) is 3.93. The molecule has 0 aromatic carbocycles. The summed E-state index contributed by atoms with van der Waals surface area (Å²) in [6.45, 7) is 2.81. The lowest BCUT2D eigenvalue weighted by Crippen LogP contribution is -2.21. The Morgan fingerprint density at radius 3 is 2.53 bits per heavy atom. The number of hydrogen-bond donors (Lipinski definition) is 1. The van der Waals surface area contributed by atoms with Crippen molar-refractivity contribution in [2.75, 3.05) is 19.0 Å². The summed E-state index contributed by atoms with van der Waals surface area (Å²) >= 11 is 0. The molecule has 0 amide bonds. The Kier molecular flexibility index (Phi) is 4.20. The summed E-state index contributed by atoms with van der Waals surface area (Å²) in [4.78, 5) is 3.92. The maximum Gasteiger partial charge on any atom is 0.405 e. The molecule has 0 spiro atoms.